The van der Waals surface area contributed by atoms with Crippen molar-refractivity contribution in [1.29, 1.82) is 0 Å². The van der Waals surface area contributed by atoms with E-state index in [9.17, 15) is 35.4 Å². The van der Waals surface area contributed by atoms with E-state index in [4.69, 9.17) is 18.9 Å². The average molecular weight is 735 g/mol. The van der Waals surface area contributed by atoms with Gasteiger partial charge in [-0.3, -0.25) is 4.79 Å². The summed E-state index contributed by atoms with van der Waals surface area (Å²) in [7, 11) is 0. The second kappa shape index (κ2) is 12.9. The molecule has 0 bridgehead atoms. The van der Waals surface area contributed by atoms with Crippen LogP contribution in [-0.2, 0) is 23.7 Å². The van der Waals surface area contributed by atoms with E-state index in [1.54, 1.807) is 6.92 Å². The number of ether oxygens (including phenoxy) is 4. The third-order valence-electron chi connectivity index (χ3n) is 16.8. The van der Waals surface area contributed by atoms with Crippen LogP contribution in [0.3, 0.4) is 0 Å². The largest absolute Gasteiger partial charge is 0.481 e. The second-order valence-electron chi connectivity index (χ2n) is 20.2. The zero-order chi connectivity index (χ0) is 38.0. The van der Waals surface area contributed by atoms with E-state index in [-0.39, 0.29) is 45.7 Å². The van der Waals surface area contributed by atoms with Crippen molar-refractivity contribution in [3.8, 4) is 0 Å². The Morgan fingerprint density at radius 2 is 1.48 bits per heavy atom. The zero-order valence-corrected chi connectivity index (χ0v) is 32.6. The minimum absolute atomic E-state index is 0.0146. The van der Waals surface area contributed by atoms with E-state index in [1.807, 2.05) is 0 Å². The van der Waals surface area contributed by atoms with E-state index in [0.717, 1.165) is 64.2 Å². The SMILES string of the molecule is C[C@@H]1O[C@@H](O[C@H]2[C@H](O[C@H]3CC[C@]4(C)[C@H]5CC=C6[C@@H]7CC(C)(C)CC[C@]7(C(=O)O)CC[C@@]6(C)[C@]5(C)CC[C@H]4C3(C)C)OC[C@H](O)[C@@H]2O)[C@H](O)[C@H](O)[C@H]1O. The van der Waals surface area contributed by atoms with Crippen LogP contribution in [0.5, 0.6) is 0 Å². The Morgan fingerprint density at radius 1 is 0.788 bits per heavy atom. The van der Waals surface area contributed by atoms with Crippen LogP contribution in [0.15, 0.2) is 11.6 Å². The highest BCUT2D eigenvalue weighted by Crippen LogP contribution is 2.76. The Labute approximate surface area is 309 Å². The lowest BCUT2D eigenvalue weighted by molar-refractivity contribution is -0.364. The first-order valence-electron chi connectivity index (χ1n) is 20.1. The molecule has 0 spiro atoms. The second-order valence-corrected chi connectivity index (χ2v) is 20.2. The van der Waals surface area contributed by atoms with Gasteiger partial charge >= 0.3 is 5.97 Å². The normalized spacial score (nSPS) is 54.1. The number of carboxylic acids is 1. The van der Waals surface area contributed by atoms with Crippen LogP contribution in [0, 0.1) is 50.2 Å². The number of allylic oxidation sites excluding steroid dienone is 2. The Morgan fingerprint density at radius 3 is 2.17 bits per heavy atom. The Hall–Kier alpha value is -1.15. The molecule has 11 heteroatoms. The molecule has 5 aliphatic carbocycles. The molecule has 17 atom stereocenters. The molecule has 7 rings (SSSR count). The molecular formula is C41H66O11. The van der Waals surface area contributed by atoms with Gasteiger partial charge in [0.05, 0.1) is 24.2 Å². The molecule has 4 saturated carbocycles. The Kier molecular flexibility index (Phi) is 9.74. The third kappa shape index (κ3) is 5.64. The van der Waals surface area contributed by atoms with E-state index in [1.165, 1.54) is 5.57 Å². The number of rotatable bonds is 5. The first-order chi connectivity index (χ1) is 24.1. The summed E-state index contributed by atoms with van der Waals surface area (Å²) < 4.78 is 24.5. The van der Waals surface area contributed by atoms with Crippen LogP contribution < -0.4 is 0 Å². The van der Waals surface area contributed by atoms with E-state index < -0.39 is 66.7 Å². The van der Waals surface area contributed by atoms with E-state index in [2.05, 4.69) is 54.5 Å². The highest BCUT2D eigenvalue weighted by Gasteiger charge is 2.69. The van der Waals surface area contributed by atoms with Crippen molar-refractivity contribution in [3.05, 3.63) is 11.6 Å². The molecule has 2 aliphatic heterocycles. The minimum Gasteiger partial charge on any atom is -0.481 e. The van der Waals surface area contributed by atoms with Crippen LogP contribution in [0.4, 0.5) is 0 Å². The molecular weight excluding hydrogens is 668 g/mol. The standard InChI is InChI=1S/C41H66O11/c1-21-28(43)30(45)31(46)33(50-21)52-32-29(44)24(42)20-49-34(32)51-27-12-13-38(6)25(37(27,4)5)11-14-40(8)26(38)10-9-22-23-19-36(2,3)15-17-41(23,35(47)48)18-16-39(22,40)7/h9,21,23-34,42-46H,10-20H2,1-8H3,(H,47,48)/t21-,23-,24-,25-,26+,27-,28-,29-,30+,31+,32+,33-,34-,38-,39+,40+,41-/m0/s1. The van der Waals surface area contributed by atoms with Gasteiger partial charge in [-0.25, -0.2) is 0 Å². The highest BCUT2D eigenvalue weighted by molar-refractivity contribution is 5.76. The van der Waals surface area contributed by atoms with Crippen LogP contribution >= 0.6 is 0 Å². The topological polar surface area (TPSA) is 175 Å². The van der Waals surface area contributed by atoms with E-state index >= 15 is 0 Å². The van der Waals surface area contributed by atoms with Crippen molar-refractivity contribution >= 4 is 5.97 Å². The van der Waals surface area contributed by atoms with Crippen LogP contribution in [0.2, 0.25) is 0 Å². The van der Waals surface area contributed by atoms with Gasteiger partial charge in [-0.1, -0.05) is 60.1 Å². The van der Waals surface area contributed by atoms with Crippen LogP contribution in [0.25, 0.3) is 0 Å². The molecule has 0 aromatic heterocycles. The zero-order valence-electron chi connectivity index (χ0n) is 32.6. The van der Waals surface area contributed by atoms with Crippen molar-refractivity contribution < 1.29 is 54.4 Å². The van der Waals surface area contributed by atoms with Gasteiger partial charge < -0.3 is 49.6 Å². The van der Waals surface area contributed by atoms with Crippen LogP contribution in [0.1, 0.15) is 120 Å². The average Bonchev–Trinajstić information content (AvgIpc) is 3.06. The molecule has 6 fully saturated rings. The van der Waals surface area contributed by atoms with Gasteiger partial charge in [-0.2, -0.15) is 0 Å². The number of aliphatic hydroxyl groups excluding tert-OH is 5. The maximum absolute atomic E-state index is 13.0. The van der Waals surface area contributed by atoms with Gasteiger partial charge in [0, 0.05) is 0 Å². The number of fused-ring (bicyclic) bond motifs is 7. The maximum atomic E-state index is 13.0. The molecule has 2 heterocycles. The maximum Gasteiger partial charge on any atom is 0.310 e. The van der Waals surface area contributed by atoms with Gasteiger partial charge in [-0.05, 0) is 116 Å². The minimum atomic E-state index is -1.58. The number of aliphatic carboxylic acids is 1. The molecule has 6 N–H and O–H groups in total. The van der Waals surface area contributed by atoms with Crippen LogP contribution in [-0.4, -0.2) is 105 Å². The summed E-state index contributed by atoms with van der Waals surface area (Å²) >= 11 is 0. The molecule has 0 aromatic carbocycles. The number of aliphatic hydroxyl groups is 5. The summed E-state index contributed by atoms with van der Waals surface area (Å²) in [5.41, 5.74) is 0.579. The predicted octanol–water partition coefficient (Wildman–Crippen LogP) is 4.55. The van der Waals surface area contributed by atoms with Crippen molar-refractivity contribution in [1.82, 2.24) is 0 Å². The van der Waals surface area contributed by atoms with Crippen molar-refractivity contribution in [2.75, 3.05) is 6.61 Å². The number of hydrogen-bond donors (Lipinski definition) is 6. The summed E-state index contributed by atoms with van der Waals surface area (Å²) in [5.74, 6) is 0.219. The van der Waals surface area contributed by atoms with E-state index in [0.29, 0.717) is 11.8 Å². The number of carbonyl (C=O) groups is 1. The fourth-order valence-electron chi connectivity index (χ4n) is 13.3. The molecule has 0 unspecified atom stereocenters. The molecule has 11 nitrogen and oxygen atoms in total. The first kappa shape index (κ1) is 39.1. The fourth-order valence-corrected chi connectivity index (χ4v) is 13.3. The molecule has 2 saturated heterocycles. The highest BCUT2D eigenvalue weighted by atomic mass is 16.8. The van der Waals surface area contributed by atoms with Gasteiger partial charge in [-0.15, -0.1) is 0 Å². The molecule has 0 aromatic rings. The monoisotopic (exact) mass is 734 g/mol. The lowest BCUT2D eigenvalue weighted by atomic mass is 9.33. The van der Waals surface area contributed by atoms with Crippen molar-refractivity contribution in [2.24, 2.45) is 50.2 Å². The number of carboxylic acid groups (broad SMARTS) is 1. The number of hydrogen-bond acceptors (Lipinski definition) is 10. The lowest BCUT2D eigenvalue weighted by Gasteiger charge is -2.71. The summed E-state index contributed by atoms with van der Waals surface area (Å²) in [5, 5.41) is 63.6. The lowest BCUT2D eigenvalue weighted by Crippen LogP contribution is -2.66. The molecule has 52 heavy (non-hydrogen) atoms. The quantitative estimate of drug-likeness (QED) is 0.173. The summed E-state index contributed by atoms with van der Waals surface area (Å²) in [6.45, 7) is 18.1. The summed E-state index contributed by atoms with van der Waals surface area (Å²) in [6, 6.07) is 0. The first-order valence-corrected chi connectivity index (χ1v) is 20.1. The van der Waals surface area contributed by atoms with Gasteiger partial charge in [0.1, 0.15) is 36.6 Å². The predicted molar refractivity (Wildman–Crippen MR) is 191 cm³/mol. The Balaban J connectivity index is 1.13. The molecule has 296 valence electrons. The molecule has 0 amide bonds. The van der Waals surface area contributed by atoms with Crippen molar-refractivity contribution in [2.45, 2.75) is 181 Å². The van der Waals surface area contributed by atoms with Crippen molar-refractivity contribution in [3.63, 3.8) is 0 Å². The Bertz CT molecular complexity index is 1410. The summed E-state index contributed by atoms with van der Waals surface area (Å²) in [4.78, 5) is 13.0. The third-order valence-corrected chi connectivity index (χ3v) is 16.8. The van der Waals surface area contributed by atoms with Gasteiger partial charge in [0.25, 0.3) is 0 Å². The smallest absolute Gasteiger partial charge is 0.310 e. The fraction of sp³-hybridized carbons (Fsp3) is 0.927. The van der Waals surface area contributed by atoms with Gasteiger partial charge in [0.2, 0.25) is 0 Å². The molecule has 0 radical (unpaired) electrons. The molecule has 7 aliphatic rings. The van der Waals surface area contributed by atoms with Gasteiger partial charge in [0.15, 0.2) is 12.6 Å². The summed E-state index contributed by atoms with van der Waals surface area (Å²) in [6.07, 6.45) is -0.253.